The number of fused-ring (bicyclic) bond motifs is 6. The molecule has 9 aromatic rings. The van der Waals surface area contributed by atoms with Crippen LogP contribution in [0.5, 0.6) is 0 Å². The van der Waals surface area contributed by atoms with Gasteiger partial charge in [-0.2, -0.15) is 5.10 Å². The van der Waals surface area contributed by atoms with Gasteiger partial charge in [0.2, 0.25) is 11.8 Å². The Bertz CT molecular complexity index is 3580. The van der Waals surface area contributed by atoms with Crippen molar-refractivity contribution in [2.75, 3.05) is 92.6 Å². The van der Waals surface area contributed by atoms with Gasteiger partial charge in [0.1, 0.15) is 0 Å². The fourth-order valence-electron chi connectivity index (χ4n) is 9.96. The summed E-state index contributed by atoms with van der Waals surface area (Å²) in [5, 5.41) is 17.2. The molecule has 74 heavy (non-hydrogen) atoms. The highest BCUT2D eigenvalue weighted by atomic mass is 32.2. The molecule has 11 rings (SSSR count). The maximum absolute atomic E-state index is 14.1. The molecule has 6 aromatic heterocycles. The number of hydrogen-bond acceptors (Lipinski definition) is 12. The van der Waals surface area contributed by atoms with E-state index in [1.807, 2.05) is 86.6 Å². The molecule has 0 unspecified atom stereocenters. The molecule has 2 amide bonds. The molecular weight excluding hydrogens is 953 g/mol. The Morgan fingerprint density at radius 2 is 1.24 bits per heavy atom. The van der Waals surface area contributed by atoms with Crippen molar-refractivity contribution in [3.05, 3.63) is 126 Å². The fourth-order valence-corrected chi connectivity index (χ4v) is 11.4. The smallest absolute Gasteiger partial charge is 0.269 e. The third-order valence-corrected chi connectivity index (χ3v) is 16.0. The Morgan fingerprint density at radius 1 is 0.649 bits per heavy atom. The Morgan fingerprint density at radius 3 is 1.88 bits per heavy atom. The standard InChI is InChI=1S/C31H35N7O3S.C24H29N7O/c1-22-7-9-26(10-8-22)42(40,41)38-28(19-27-30-25(20-33-31(27)38)21-34-36(30)3)24-6-4-5-23(17-24)18-29(39)32-11-12-37-15-13-35(2)14-16-37;1-29-8-10-31(11-9-29)7-6-25-22(32)13-17-4-3-5-18(12-17)21-14-20-23-19(16-27-30(23)2)15-26-24(20)28-21/h4-10,17,19-21H,11-16,18H2,1-3H3,(H,32,39);3-5,12,14-16,27H,6-11,13H2,1-2H3,(H,25,32). The van der Waals surface area contributed by atoms with Gasteiger partial charge in [0.05, 0.1) is 46.4 Å². The van der Waals surface area contributed by atoms with Crippen LogP contribution in [0.3, 0.4) is 0 Å². The van der Waals surface area contributed by atoms with E-state index >= 15 is 0 Å². The molecule has 0 spiro atoms. The molecule has 384 valence electrons. The molecule has 19 heteroatoms. The average Bonchev–Trinajstić information content (AvgIpc) is 4.20. The summed E-state index contributed by atoms with van der Waals surface area (Å²) in [4.78, 5) is 48.7. The lowest BCUT2D eigenvalue weighted by molar-refractivity contribution is -0.121. The van der Waals surface area contributed by atoms with Gasteiger partial charge in [-0.1, -0.05) is 54.1 Å². The Balaban J connectivity index is 0.000000175. The first-order valence-electron chi connectivity index (χ1n) is 25.2. The predicted octanol–water partition coefficient (Wildman–Crippen LogP) is 5.06. The number of H-pyrrole nitrogens is 1. The van der Waals surface area contributed by atoms with E-state index in [1.54, 1.807) is 41.3 Å². The van der Waals surface area contributed by atoms with E-state index in [-0.39, 0.29) is 23.1 Å². The van der Waals surface area contributed by atoms with Crippen molar-refractivity contribution in [3.8, 4) is 22.5 Å². The quantitative estimate of drug-likeness (QED) is 0.132. The molecule has 0 bridgehead atoms. The third-order valence-electron chi connectivity index (χ3n) is 14.3. The topological polar surface area (TPSA) is 187 Å². The molecule has 2 fully saturated rings. The van der Waals surface area contributed by atoms with Crippen molar-refractivity contribution < 1.29 is 18.0 Å². The van der Waals surface area contributed by atoms with Crippen LogP contribution in [0.15, 0.2) is 115 Å². The molecule has 0 atom stereocenters. The van der Waals surface area contributed by atoms with Crippen molar-refractivity contribution in [1.82, 2.24) is 68.7 Å². The molecule has 2 aliphatic heterocycles. The van der Waals surface area contributed by atoms with Crippen molar-refractivity contribution >= 4 is 65.7 Å². The van der Waals surface area contributed by atoms with Gasteiger partial charge < -0.3 is 25.5 Å². The number of hydrogen-bond donors (Lipinski definition) is 3. The van der Waals surface area contributed by atoms with Crippen LogP contribution in [0, 0.1) is 6.92 Å². The summed E-state index contributed by atoms with van der Waals surface area (Å²) in [6, 6.07) is 26.3. The second-order valence-corrected chi connectivity index (χ2v) is 21.5. The Kier molecular flexibility index (Phi) is 14.7. The zero-order valence-electron chi connectivity index (χ0n) is 42.8. The monoisotopic (exact) mass is 1020 g/mol. The minimum Gasteiger partial charge on any atom is -0.355 e. The summed E-state index contributed by atoms with van der Waals surface area (Å²) in [5.74, 6) is -0.00742. The van der Waals surface area contributed by atoms with Crippen LogP contribution in [0.25, 0.3) is 66.4 Å². The van der Waals surface area contributed by atoms with Gasteiger partial charge in [-0.3, -0.25) is 28.8 Å². The molecule has 3 aromatic carbocycles. The fraction of sp³-hybridized carbons (Fsp3) is 0.345. The lowest BCUT2D eigenvalue weighted by Crippen LogP contribution is -2.47. The summed E-state index contributed by atoms with van der Waals surface area (Å²) in [7, 11) is 4.08. The highest BCUT2D eigenvalue weighted by Gasteiger charge is 2.27. The molecule has 3 N–H and O–H groups in total. The number of piperazine rings is 2. The van der Waals surface area contributed by atoms with Gasteiger partial charge in [-0.05, 0) is 74.1 Å². The number of amides is 2. The first-order chi connectivity index (χ1) is 35.8. The SMILES string of the molecule is CN1CCN(CCNC(=O)Cc2cccc(-c3cc4c(ncc5c[nH]n(C)c54)n3)c2)CC1.Cc1ccc(S(=O)(=O)n2c(-c3cccc(CC(=O)NCCN4CCN(C)CC4)c3)cc3c4c(cnc32)cnn4C)cc1. The van der Waals surface area contributed by atoms with Gasteiger partial charge in [0.25, 0.3) is 10.0 Å². The zero-order valence-corrected chi connectivity index (χ0v) is 43.6. The normalized spacial score (nSPS) is 15.3. The van der Waals surface area contributed by atoms with Crippen LogP contribution < -0.4 is 10.6 Å². The van der Waals surface area contributed by atoms with Gasteiger partial charge >= 0.3 is 0 Å². The minimum absolute atomic E-state index is 0.0552. The maximum atomic E-state index is 14.1. The molecule has 0 radical (unpaired) electrons. The lowest BCUT2D eigenvalue weighted by Gasteiger charge is -2.32. The van der Waals surface area contributed by atoms with Gasteiger partial charge in [0, 0.05) is 138 Å². The molecule has 0 saturated carbocycles. The summed E-state index contributed by atoms with van der Waals surface area (Å²) in [6.07, 6.45) is 7.72. The van der Waals surface area contributed by atoms with Crippen LogP contribution in [-0.2, 0) is 46.5 Å². The predicted molar refractivity (Wildman–Crippen MR) is 290 cm³/mol. The van der Waals surface area contributed by atoms with Crippen molar-refractivity contribution in [2.24, 2.45) is 14.1 Å². The van der Waals surface area contributed by atoms with Crippen molar-refractivity contribution in [3.63, 3.8) is 0 Å². The molecule has 2 saturated heterocycles. The number of carbonyl (C=O) groups is 2. The number of aryl methyl sites for hydroxylation is 3. The second kappa shape index (κ2) is 21.7. The van der Waals surface area contributed by atoms with Crippen LogP contribution >= 0.6 is 0 Å². The maximum Gasteiger partial charge on any atom is 0.269 e. The van der Waals surface area contributed by atoms with E-state index in [9.17, 15) is 18.0 Å². The summed E-state index contributed by atoms with van der Waals surface area (Å²) in [5.41, 5.74) is 8.73. The van der Waals surface area contributed by atoms with E-state index < -0.39 is 10.0 Å². The number of nitrogens with zero attached hydrogens (tertiary/aromatic N) is 11. The van der Waals surface area contributed by atoms with Crippen molar-refractivity contribution in [2.45, 2.75) is 24.7 Å². The number of carbonyl (C=O) groups excluding carboxylic acids is 2. The van der Waals surface area contributed by atoms with Crippen molar-refractivity contribution in [1.29, 1.82) is 0 Å². The average molecular weight is 1020 g/mol. The number of likely N-dealkylation sites (N-methyl/N-ethyl adjacent to an activating group) is 2. The van der Waals surface area contributed by atoms with E-state index in [0.717, 1.165) is 126 Å². The number of pyridine rings is 2. The Labute approximate surface area is 431 Å². The van der Waals surface area contributed by atoms with E-state index in [4.69, 9.17) is 4.98 Å². The summed E-state index contributed by atoms with van der Waals surface area (Å²) < 4.78 is 33.3. The van der Waals surface area contributed by atoms with E-state index in [2.05, 4.69) is 76.6 Å². The summed E-state index contributed by atoms with van der Waals surface area (Å²) >= 11 is 0. The number of nitrogens with one attached hydrogen (secondary N) is 3. The molecular formula is C55H64N14O4S. The highest BCUT2D eigenvalue weighted by Crippen LogP contribution is 2.35. The Hall–Kier alpha value is -7.29. The van der Waals surface area contributed by atoms with Gasteiger partial charge in [0.15, 0.2) is 11.3 Å². The molecule has 2 aliphatic rings. The third kappa shape index (κ3) is 11.0. The summed E-state index contributed by atoms with van der Waals surface area (Å²) in [6.45, 7) is 13.3. The van der Waals surface area contributed by atoms with Crippen LogP contribution in [0.1, 0.15) is 16.7 Å². The lowest BCUT2D eigenvalue weighted by atomic mass is 10.1. The highest BCUT2D eigenvalue weighted by molar-refractivity contribution is 7.90. The van der Waals surface area contributed by atoms with Crippen LogP contribution in [0.4, 0.5) is 0 Å². The van der Waals surface area contributed by atoms with E-state index in [0.29, 0.717) is 41.8 Å². The van der Waals surface area contributed by atoms with Crippen LogP contribution in [-0.4, -0.2) is 171 Å². The molecule has 0 aliphatic carbocycles. The first kappa shape index (κ1) is 50.3. The van der Waals surface area contributed by atoms with Gasteiger partial charge in [-0.25, -0.2) is 27.3 Å². The first-order valence-corrected chi connectivity index (χ1v) is 26.7. The second-order valence-electron chi connectivity index (χ2n) is 19.7. The number of aromatic amines is 1. The zero-order chi connectivity index (χ0) is 51.5. The van der Waals surface area contributed by atoms with Crippen LogP contribution in [0.2, 0.25) is 0 Å². The van der Waals surface area contributed by atoms with E-state index in [1.165, 1.54) is 3.97 Å². The number of aromatic nitrogens is 8. The minimum atomic E-state index is -4.01. The molecule has 8 heterocycles. The van der Waals surface area contributed by atoms with Gasteiger partial charge in [-0.15, -0.1) is 0 Å². The largest absolute Gasteiger partial charge is 0.355 e. The molecule has 18 nitrogen and oxygen atoms in total. The number of benzene rings is 3. The number of rotatable bonds is 14.